The van der Waals surface area contributed by atoms with Gasteiger partial charge in [-0.05, 0) is 38.7 Å². The molecule has 96 valence electrons. The highest BCUT2D eigenvalue weighted by Gasteiger charge is 2.16. The molecule has 0 aliphatic carbocycles. The molecule has 6 heteroatoms. The van der Waals surface area contributed by atoms with Crippen LogP contribution in [0, 0.1) is 6.92 Å². The Kier molecular flexibility index (Phi) is 5.12. The summed E-state index contributed by atoms with van der Waals surface area (Å²) < 4.78 is 27.4. The van der Waals surface area contributed by atoms with Gasteiger partial charge in [-0.3, -0.25) is 0 Å². The standard InChI is InChI=1S/C11H17BrN2O2S/c1-9-4-5-10(12)8-11(9)17(15,16)13-6-7-14(2)3/h4-5,8,13H,6-7H2,1-3H3. The van der Waals surface area contributed by atoms with E-state index in [0.717, 1.165) is 10.0 Å². The van der Waals surface area contributed by atoms with E-state index in [0.29, 0.717) is 18.0 Å². The molecule has 0 radical (unpaired) electrons. The van der Waals surface area contributed by atoms with Crippen molar-refractivity contribution in [1.29, 1.82) is 0 Å². The fraction of sp³-hybridized carbons (Fsp3) is 0.455. The SMILES string of the molecule is Cc1ccc(Br)cc1S(=O)(=O)NCCN(C)C. The molecule has 0 aromatic heterocycles. The van der Waals surface area contributed by atoms with Gasteiger partial charge in [-0.2, -0.15) is 0 Å². The van der Waals surface area contributed by atoms with Gasteiger partial charge in [0.15, 0.2) is 0 Å². The van der Waals surface area contributed by atoms with Crippen LogP contribution in [0.3, 0.4) is 0 Å². The Morgan fingerprint density at radius 3 is 2.59 bits per heavy atom. The van der Waals surface area contributed by atoms with E-state index in [1.54, 1.807) is 19.1 Å². The minimum Gasteiger partial charge on any atom is -0.308 e. The van der Waals surface area contributed by atoms with Crippen LogP contribution in [0.4, 0.5) is 0 Å². The molecule has 1 aromatic rings. The van der Waals surface area contributed by atoms with Crippen LogP contribution in [-0.4, -0.2) is 40.5 Å². The van der Waals surface area contributed by atoms with Gasteiger partial charge in [0.05, 0.1) is 4.90 Å². The third-order valence-electron chi connectivity index (χ3n) is 2.29. The molecule has 4 nitrogen and oxygen atoms in total. The van der Waals surface area contributed by atoms with Crippen LogP contribution in [0.1, 0.15) is 5.56 Å². The first-order valence-corrected chi connectivity index (χ1v) is 7.51. The van der Waals surface area contributed by atoms with Gasteiger partial charge in [0.25, 0.3) is 0 Å². The second kappa shape index (κ2) is 5.95. The van der Waals surface area contributed by atoms with E-state index in [4.69, 9.17) is 0 Å². The normalized spacial score (nSPS) is 12.1. The van der Waals surface area contributed by atoms with Gasteiger partial charge in [0, 0.05) is 17.6 Å². The summed E-state index contributed by atoms with van der Waals surface area (Å²) in [6, 6.07) is 5.23. The lowest BCUT2D eigenvalue weighted by Crippen LogP contribution is -2.31. The molecule has 17 heavy (non-hydrogen) atoms. The van der Waals surface area contributed by atoms with Gasteiger partial charge in [-0.15, -0.1) is 0 Å². The molecule has 0 aliphatic rings. The number of nitrogens with one attached hydrogen (secondary N) is 1. The number of likely N-dealkylation sites (N-methyl/N-ethyl adjacent to an activating group) is 1. The molecule has 0 aliphatic heterocycles. The zero-order chi connectivity index (χ0) is 13.1. The first-order valence-electron chi connectivity index (χ1n) is 5.23. The number of aryl methyl sites for hydroxylation is 1. The number of nitrogens with zero attached hydrogens (tertiary/aromatic N) is 1. The van der Waals surface area contributed by atoms with Crippen LogP contribution in [-0.2, 0) is 10.0 Å². The molecule has 0 amide bonds. The van der Waals surface area contributed by atoms with E-state index < -0.39 is 10.0 Å². The molecule has 1 N–H and O–H groups in total. The van der Waals surface area contributed by atoms with Crippen molar-refractivity contribution in [3.63, 3.8) is 0 Å². The Balaban J connectivity index is 2.86. The van der Waals surface area contributed by atoms with E-state index in [1.165, 1.54) is 0 Å². The average Bonchev–Trinajstić information content (AvgIpc) is 2.20. The minimum atomic E-state index is -3.42. The van der Waals surface area contributed by atoms with Crippen molar-refractivity contribution >= 4 is 26.0 Å². The maximum absolute atomic E-state index is 12.0. The van der Waals surface area contributed by atoms with Crippen molar-refractivity contribution in [3.05, 3.63) is 28.2 Å². The molecule has 0 spiro atoms. The van der Waals surface area contributed by atoms with Crippen molar-refractivity contribution in [2.24, 2.45) is 0 Å². The number of hydrogen-bond donors (Lipinski definition) is 1. The highest BCUT2D eigenvalue weighted by atomic mass is 79.9. The van der Waals surface area contributed by atoms with E-state index in [9.17, 15) is 8.42 Å². The summed E-state index contributed by atoms with van der Waals surface area (Å²) >= 11 is 3.28. The first kappa shape index (κ1) is 14.6. The van der Waals surface area contributed by atoms with E-state index in [2.05, 4.69) is 20.7 Å². The maximum atomic E-state index is 12.0. The third kappa shape index (κ3) is 4.39. The van der Waals surface area contributed by atoms with Gasteiger partial charge >= 0.3 is 0 Å². The molecule has 1 aromatic carbocycles. The van der Waals surface area contributed by atoms with Crippen LogP contribution in [0.5, 0.6) is 0 Å². The predicted octanol–water partition coefficient (Wildman–Crippen LogP) is 1.60. The van der Waals surface area contributed by atoms with Gasteiger partial charge < -0.3 is 4.90 Å². The molecular formula is C11H17BrN2O2S. The molecular weight excluding hydrogens is 304 g/mol. The quantitative estimate of drug-likeness (QED) is 0.896. The molecule has 0 saturated heterocycles. The van der Waals surface area contributed by atoms with Crippen LogP contribution in [0.15, 0.2) is 27.6 Å². The number of benzene rings is 1. The lowest BCUT2D eigenvalue weighted by Gasteiger charge is -2.12. The molecule has 0 fully saturated rings. The monoisotopic (exact) mass is 320 g/mol. The summed E-state index contributed by atoms with van der Waals surface area (Å²) in [5.41, 5.74) is 0.741. The van der Waals surface area contributed by atoms with Gasteiger partial charge in [-0.25, -0.2) is 13.1 Å². The van der Waals surface area contributed by atoms with Crippen molar-refractivity contribution in [3.8, 4) is 0 Å². The Bertz CT molecular complexity index is 486. The predicted molar refractivity (Wildman–Crippen MR) is 72.6 cm³/mol. The van der Waals surface area contributed by atoms with Crippen LogP contribution in [0.2, 0.25) is 0 Å². The Hall–Kier alpha value is -0.430. The highest BCUT2D eigenvalue weighted by Crippen LogP contribution is 2.20. The largest absolute Gasteiger partial charge is 0.308 e. The molecule has 0 unspecified atom stereocenters. The molecule has 1 rings (SSSR count). The lowest BCUT2D eigenvalue weighted by molar-refractivity contribution is 0.412. The Morgan fingerprint density at radius 1 is 1.35 bits per heavy atom. The number of hydrogen-bond acceptors (Lipinski definition) is 3. The zero-order valence-corrected chi connectivity index (χ0v) is 12.6. The summed E-state index contributed by atoms with van der Waals surface area (Å²) in [5.74, 6) is 0. The van der Waals surface area contributed by atoms with Crippen molar-refractivity contribution in [1.82, 2.24) is 9.62 Å². The molecule has 0 heterocycles. The minimum absolute atomic E-state index is 0.325. The zero-order valence-electron chi connectivity index (χ0n) is 10.2. The first-order chi connectivity index (χ1) is 7.83. The van der Waals surface area contributed by atoms with Gasteiger partial charge in [-0.1, -0.05) is 22.0 Å². The van der Waals surface area contributed by atoms with Crippen LogP contribution in [0.25, 0.3) is 0 Å². The summed E-state index contributed by atoms with van der Waals surface area (Å²) in [4.78, 5) is 2.25. The fourth-order valence-corrected chi connectivity index (χ4v) is 3.15. The third-order valence-corrected chi connectivity index (χ3v) is 4.39. The van der Waals surface area contributed by atoms with Crippen LogP contribution < -0.4 is 4.72 Å². The van der Waals surface area contributed by atoms with Crippen molar-refractivity contribution < 1.29 is 8.42 Å². The number of halogens is 1. The van der Waals surface area contributed by atoms with Gasteiger partial charge in [0.2, 0.25) is 10.0 Å². The van der Waals surface area contributed by atoms with E-state index in [1.807, 2.05) is 25.1 Å². The van der Waals surface area contributed by atoms with E-state index in [-0.39, 0.29) is 0 Å². The maximum Gasteiger partial charge on any atom is 0.240 e. The average molecular weight is 321 g/mol. The molecule has 0 saturated carbocycles. The second-order valence-electron chi connectivity index (χ2n) is 4.11. The highest BCUT2D eigenvalue weighted by molar-refractivity contribution is 9.10. The summed E-state index contributed by atoms with van der Waals surface area (Å²) in [6.07, 6.45) is 0. The van der Waals surface area contributed by atoms with Crippen molar-refractivity contribution in [2.45, 2.75) is 11.8 Å². The van der Waals surface area contributed by atoms with Crippen molar-refractivity contribution in [2.75, 3.05) is 27.2 Å². The number of sulfonamides is 1. The van der Waals surface area contributed by atoms with Gasteiger partial charge in [0.1, 0.15) is 0 Å². The summed E-state index contributed by atoms with van der Waals surface area (Å²) in [7, 11) is 0.387. The lowest BCUT2D eigenvalue weighted by atomic mass is 10.2. The van der Waals surface area contributed by atoms with E-state index >= 15 is 0 Å². The Morgan fingerprint density at radius 2 is 2.00 bits per heavy atom. The summed E-state index contributed by atoms with van der Waals surface area (Å²) in [6.45, 7) is 2.86. The summed E-state index contributed by atoms with van der Waals surface area (Å²) in [5, 5.41) is 0. The Labute approximate surface area is 111 Å². The molecule has 0 bridgehead atoms. The topological polar surface area (TPSA) is 49.4 Å². The second-order valence-corrected chi connectivity index (χ2v) is 6.76. The molecule has 0 atom stereocenters. The fourth-order valence-electron chi connectivity index (χ4n) is 1.34. The smallest absolute Gasteiger partial charge is 0.240 e. The van der Waals surface area contributed by atoms with Crippen LogP contribution >= 0.6 is 15.9 Å². The number of rotatable bonds is 5.